The summed E-state index contributed by atoms with van der Waals surface area (Å²) in [7, 11) is 0. The zero-order valence-corrected chi connectivity index (χ0v) is 31.0. The van der Waals surface area contributed by atoms with Crippen LogP contribution in [-0.4, -0.2) is 12.3 Å². The molecular weight excluding hydrogens is 629 g/mol. The van der Waals surface area contributed by atoms with E-state index in [-0.39, 0.29) is 23.1 Å². The second-order valence-corrected chi connectivity index (χ2v) is 16.9. The number of fused-ring (bicyclic) bond motifs is 7. The van der Waals surface area contributed by atoms with Gasteiger partial charge >= 0.3 is 0 Å². The van der Waals surface area contributed by atoms with Gasteiger partial charge in [0.25, 0.3) is 6.71 Å². The van der Waals surface area contributed by atoms with Crippen LogP contribution in [0, 0.1) is 0 Å². The van der Waals surface area contributed by atoms with Gasteiger partial charge in [0.2, 0.25) is 0 Å². The average molecular weight is 676 g/mol. The summed E-state index contributed by atoms with van der Waals surface area (Å²) < 4.78 is 0. The lowest BCUT2D eigenvalue weighted by Crippen LogP contribution is -2.64. The van der Waals surface area contributed by atoms with Crippen LogP contribution in [-0.2, 0) is 10.8 Å². The molecule has 0 amide bonds. The summed E-state index contributed by atoms with van der Waals surface area (Å²) in [5.74, 6) is 0. The molecule has 6 aromatic carbocycles. The van der Waals surface area contributed by atoms with E-state index < -0.39 is 0 Å². The molecule has 1 saturated carbocycles. The Balaban J connectivity index is 1.30. The van der Waals surface area contributed by atoms with Gasteiger partial charge in [-0.05, 0) is 113 Å². The molecule has 10 rings (SSSR count). The number of benzene rings is 6. The zero-order chi connectivity index (χ0) is 35.4. The molecule has 0 N–H and O–H groups in total. The third kappa shape index (κ3) is 4.27. The van der Waals surface area contributed by atoms with Gasteiger partial charge in [-0.2, -0.15) is 0 Å². The highest BCUT2D eigenvalue weighted by molar-refractivity contribution is 7.00. The first-order chi connectivity index (χ1) is 25.2. The Morgan fingerprint density at radius 2 is 1.23 bits per heavy atom. The highest BCUT2D eigenvalue weighted by atomic mass is 15.3. The molecule has 3 nitrogen and oxygen atoms in total. The number of rotatable bonds is 4. The Morgan fingerprint density at radius 3 is 1.90 bits per heavy atom. The SMILES string of the molecule is CC(C)(C)c1cc2c3c(c1)N1c4c(cccc4C4(C)CCCCC14C)B3c1ccc(N(c3ccccc3)c3ccccc3)cc1N2c1ccccc1. The van der Waals surface area contributed by atoms with Crippen LogP contribution in [0.2, 0.25) is 0 Å². The summed E-state index contributed by atoms with van der Waals surface area (Å²) in [6.07, 6.45) is 5.00. The van der Waals surface area contributed by atoms with E-state index in [0.29, 0.717) is 0 Å². The predicted octanol–water partition coefficient (Wildman–Crippen LogP) is 10.8. The van der Waals surface area contributed by atoms with E-state index in [1.54, 1.807) is 5.56 Å². The van der Waals surface area contributed by atoms with E-state index >= 15 is 0 Å². The fourth-order valence-electron chi connectivity index (χ4n) is 10.3. The predicted molar refractivity (Wildman–Crippen MR) is 222 cm³/mol. The average Bonchev–Trinajstić information content (AvgIpc) is 3.38. The van der Waals surface area contributed by atoms with Gasteiger partial charge in [-0.15, -0.1) is 0 Å². The van der Waals surface area contributed by atoms with Gasteiger partial charge in [0.15, 0.2) is 0 Å². The van der Waals surface area contributed by atoms with E-state index in [1.807, 2.05) is 0 Å². The third-order valence-electron chi connectivity index (χ3n) is 13.1. The first-order valence-electron chi connectivity index (χ1n) is 19.2. The van der Waals surface area contributed by atoms with Crippen LogP contribution < -0.4 is 31.1 Å². The maximum Gasteiger partial charge on any atom is 0.252 e. The van der Waals surface area contributed by atoms with Crippen molar-refractivity contribution in [1.82, 2.24) is 0 Å². The van der Waals surface area contributed by atoms with Crippen LogP contribution in [0.1, 0.15) is 71.4 Å². The Labute approximate surface area is 309 Å². The van der Waals surface area contributed by atoms with E-state index in [9.17, 15) is 0 Å². The zero-order valence-electron chi connectivity index (χ0n) is 31.0. The second kappa shape index (κ2) is 11.1. The van der Waals surface area contributed by atoms with Crippen LogP contribution in [0.3, 0.4) is 0 Å². The van der Waals surface area contributed by atoms with Crippen LogP contribution >= 0.6 is 0 Å². The molecule has 1 aliphatic carbocycles. The molecule has 0 spiro atoms. The standard InChI is InChI=1S/C48H46BN3/c1-46(2,3)33-30-42-44-43(31-33)52-45-38(47(4)28-15-16-29-48(47,52)5)24-17-25-40(45)49(44)39-27-26-37(32-41(39)51(42)36-22-13-8-14-23-36)50(34-18-9-6-10-19-34)35-20-11-7-12-21-35/h6-14,17-27,30-32H,15-16,28-29H2,1-5H3. The normalized spacial score (nSPS) is 20.9. The van der Waals surface area contributed by atoms with Gasteiger partial charge < -0.3 is 14.7 Å². The summed E-state index contributed by atoms with van der Waals surface area (Å²) >= 11 is 0. The number of hydrogen-bond acceptors (Lipinski definition) is 3. The van der Waals surface area contributed by atoms with E-state index in [4.69, 9.17) is 0 Å². The van der Waals surface area contributed by atoms with Crippen molar-refractivity contribution in [1.29, 1.82) is 0 Å². The van der Waals surface area contributed by atoms with Crippen LogP contribution in [0.4, 0.5) is 45.5 Å². The molecule has 0 aromatic heterocycles. The molecule has 4 heteroatoms. The molecule has 0 saturated heterocycles. The van der Waals surface area contributed by atoms with Crippen molar-refractivity contribution < 1.29 is 0 Å². The van der Waals surface area contributed by atoms with Crippen molar-refractivity contribution in [3.63, 3.8) is 0 Å². The number of hydrogen-bond donors (Lipinski definition) is 0. The van der Waals surface area contributed by atoms with Crippen molar-refractivity contribution >= 4 is 68.6 Å². The lowest BCUT2D eigenvalue weighted by atomic mass is 9.33. The smallest absolute Gasteiger partial charge is 0.252 e. The Hall–Kier alpha value is -5.22. The summed E-state index contributed by atoms with van der Waals surface area (Å²) in [6.45, 7) is 12.4. The summed E-state index contributed by atoms with van der Waals surface area (Å²) in [4.78, 5) is 7.81. The van der Waals surface area contributed by atoms with Gasteiger partial charge in [-0.1, -0.05) is 119 Å². The molecule has 0 bridgehead atoms. The fraction of sp³-hybridized carbons (Fsp3) is 0.250. The van der Waals surface area contributed by atoms with Crippen molar-refractivity contribution in [2.45, 2.75) is 76.7 Å². The first kappa shape index (κ1) is 31.5. The van der Waals surface area contributed by atoms with Crippen molar-refractivity contribution in [3.8, 4) is 0 Å². The molecule has 2 unspecified atom stereocenters. The second-order valence-electron chi connectivity index (χ2n) is 16.9. The maximum absolute atomic E-state index is 2.84. The molecule has 0 radical (unpaired) electrons. The van der Waals surface area contributed by atoms with Crippen LogP contribution in [0.15, 0.2) is 140 Å². The van der Waals surface area contributed by atoms with Crippen molar-refractivity contribution in [2.24, 2.45) is 0 Å². The highest BCUT2D eigenvalue weighted by Crippen LogP contribution is 2.62. The molecule has 3 aliphatic heterocycles. The van der Waals surface area contributed by atoms with Gasteiger partial charge in [-0.25, -0.2) is 0 Å². The monoisotopic (exact) mass is 675 g/mol. The quantitative estimate of drug-likeness (QED) is 0.172. The van der Waals surface area contributed by atoms with Gasteiger partial charge in [0, 0.05) is 50.9 Å². The summed E-state index contributed by atoms with van der Waals surface area (Å²) in [5, 5.41) is 0. The Kier molecular flexibility index (Phi) is 6.75. The molecule has 1 fully saturated rings. The number of para-hydroxylation sites is 4. The van der Waals surface area contributed by atoms with E-state index in [0.717, 1.165) is 17.1 Å². The number of nitrogens with zero attached hydrogens (tertiary/aromatic N) is 3. The first-order valence-corrected chi connectivity index (χ1v) is 19.2. The lowest BCUT2D eigenvalue weighted by molar-refractivity contribution is 0.195. The molecular formula is C48H46BN3. The topological polar surface area (TPSA) is 9.72 Å². The molecule has 4 aliphatic rings. The Morgan fingerprint density at radius 1 is 0.596 bits per heavy atom. The minimum absolute atomic E-state index is 0.00646. The Bertz CT molecular complexity index is 2310. The molecule has 2 atom stereocenters. The minimum Gasteiger partial charge on any atom is -0.335 e. The maximum atomic E-state index is 2.84. The van der Waals surface area contributed by atoms with Crippen LogP contribution in [0.25, 0.3) is 0 Å². The van der Waals surface area contributed by atoms with Gasteiger partial charge in [0.1, 0.15) is 0 Å². The van der Waals surface area contributed by atoms with Crippen molar-refractivity contribution in [3.05, 3.63) is 151 Å². The number of anilines is 8. The minimum atomic E-state index is -0.0286. The highest BCUT2D eigenvalue weighted by Gasteiger charge is 2.61. The fourth-order valence-corrected chi connectivity index (χ4v) is 10.3. The molecule has 3 heterocycles. The van der Waals surface area contributed by atoms with Gasteiger partial charge in [-0.3, -0.25) is 0 Å². The largest absolute Gasteiger partial charge is 0.335 e. The van der Waals surface area contributed by atoms with Gasteiger partial charge in [0.05, 0.1) is 5.54 Å². The summed E-state index contributed by atoms with van der Waals surface area (Å²) in [6, 6.07) is 52.2. The van der Waals surface area contributed by atoms with E-state index in [1.165, 1.54) is 76.1 Å². The third-order valence-corrected chi connectivity index (χ3v) is 13.1. The molecule has 256 valence electrons. The van der Waals surface area contributed by atoms with Crippen LogP contribution in [0.5, 0.6) is 0 Å². The van der Waals surface area contributed by atoms with E-state index in [2.05, 4.69) is 189 Å². The van der Waals surface area contributed by atoms with Crippen molar-refractivity contribution in [2.75, 3.05) is 14.7 Å². The summed E-state index contributed by atoms with van der Waals surface area (Å²) in [5.41, 5.74) is 17.3. The lowest BCUT2D eigenvalue weighted by Gasteiger charge is -2.53. The molecule has 6 aromatic rings. The molecule has 52 heavy (non-hydrogen) atoms.